The molecule has 6 aliphatic carbocycles. The molecular weight excluding hydrogens is 843 g/mol. The van der Waals surface area contributed by atoms with Crippen molar-refractivity contribution < 1.29 is 19.1 Å². The molecule has 6 aliphatic rings. The van der Waals surface area contributed by atoms with E-state index in [1.807, 2.05) is 36.4 Å². The van der Waals surface area contributed by atoms with Crippen LogP contribution in [0.4, 0.5) is 0 Å². The predicted molar refractivity (Wildman–Crippen MR) is 278 cm³/mol. The summed E-state index contributed by atoms with van der Waals surface area (Å²) >= 11 is 1.50. The summed E-state index contributed by atoms with van der Waals surface area (Å²) < 4.78 is 13.4. The van der Waals surface area contributed by atoms with Gasteiger partial charge in [0.25, 0.3) is 0 Å². The van der Waals surface area contributed by atoms with Crippen LogP contribution in [0.5, 0.6) is 11.5 Å². The number of aromatic nitrogens is 1. The first-order valence-electron chi connectivity index (χ1n) is 28.5. The lowest BCUT2D eigenvalue weighted by molar-refractivity contribution is -0.141. The lowest BCUT2D eigenvalue weighted by Gasteiger charge is -2.41. The molecule has 0 saturated heterocycles. The van der Waals surface area contributed by atoms with Crippen LogP contribution in [0.15, 0.2) is 42.5 Å². The van der Waals surface area contributed by atoms with Crippen LogP contribution in [-0.2, 0) is 9.59 Å². The van der Waals surface area contributed by atoms with E-state index in [-0.39, 0.29) is 23.8 Å². The van der Waals surface area contributed by atoms with Crippen molar-refractivity contribution in [3.63, 3.8) is 0 Å². The second-order valence-corrected chi connectivity index (χ2v) is 24.3. The number of ether oxygens (including phenoxy) is 2. The normalized spacial score (nSPS) is 33.1. The van der Waals surface area contributed by atoms with Crippen LogP contribution < -0.4 is 9.47 Å². The predicted octanol–water partition coefficient (Wildman–Crippen LogP) is 17.5. The topological polar surface area (TPSA) is 65.5 Å². The number of nitrogens with zero attached hydrogens (tertiary/aromatic N) is 1. The van der Waals surface area contributed by atoms with Gasteiger partial charge in [0, 0.05) is 0 Å². The van der Waals surface area contributed by atoms with E-state index in [0.717, 1.165) is 126 Å². The van der Waals surface area contributed by atoms with Crippen molar-refractivity contribution in [2.45, 2.75) is 206 Å². The molecule has 0 bridgehead atoms. The molecule has 0 aliphatic heterocycles. The van der Waals surface area contributed by atoms with Gasteiger partial charge in [0.2, 0.25) is 0 Å². The first kappa shape index (κ1) is 49.0. The van der Waals surface area contributed by atoms with Gasteiger partial charge in [-0.25, -0.2) is 4.98 Å². The Bertz CT molecular complexity index is 1890. The van der Waals surface area contributed by atoms with E-state index in [9.17, 15) is 9.59 Å². The quantitative estimate of drug-likeness (QED) is 0.106. The molecule has 6 heteroatoms. The summed E-state index contributed by atoms with van der Waals surface area (Å²) in [4.78, 5) is 32.8. The van der Waals surface area contributed by atoms with Crippen LogP contribution in [-0.4, -0.2) is 16.9 Å². The maximum atomic E-state index is 13.9. The summed E-state index contributed by atoms with van der Waals surface area (Å²) in [6, 6.07) is 13.9. The van der Waals surface area contributed by atoms with Gasteiger partial charge in [-0.3, -0.25) is 9.59 Å². The Morgan fingerprint density at radius 3 is 1.28 bits per heavy atom. The number of carbonyl (C=O) groups is 2. The highest BCUT2D eigenvalue weighted by Crippen LogP contribution is 2.49. The average Bonchev–Trinajstić information content (AvgIpc) is 3.83. The summed E-state index contributed by atoms with van der Waals surface area (Å²) in [6.45, 7) is 4.66. The molecule has 0 spiro atoms. The van der Waals surface area contributed by atoms with Gasteiger partial charge in [-0.15, -0.1) is 11.3 Å². The number of thiazole rings is 1. The van der Waals surface area contributed by atoms with Crippen molar-refractivity contribution in [2.75, 3.05) is 0 Å². The summed E-state index contributed by atoms with van der Waals surface area (Å²) in [6.07, 6.45) is 43.8. The molecule has 3 aromatic rings. The van der Waals surface area contributed by atoms with Gasteiger partial charge in [-0.1, -0.05) is 114 Å². The molecular formula is C61H87NO4S. The number of fused-ring (bicyclic) bond motifs is 1. The fourth-order valence-corrected chi connectivity index (χ4v) is 16.0. The third-order valence-corrected chi connectivity index (χ3v) is 20.4. The van der Waals surface area contributed by atoms with Gasteiger partial charge in [0.05, 0.1) is 11.8 Å². The van der Waals surface area contributed by atoms with Gasteiger partial charge in [0.1, 0.15) is 15.2 Å². The van der Waals surface area contributed by atoms with Gasteiger partial charge >= 0.3 is 11.9 Å². The van der Waals surface area contributed by atoms with Crippen molar-refractivity contribution >= 4 is 45.6 Å². The molecule has 366 valence electrons. The fourth-order valence-electron chi connectivity index (χ4n) is 15.0. The lowest BCUT2D eigenvalue weighted by Crippen LogP contribution is -2.32. The standard InChI is InChI=1S/C61H87NO4S/c1-3-5-10-43-14-19-45(20-15-43)47-23-27-49(28-24-47)51-31-35-53(36-32-51)60(63)65-55-39-40-56(59-58(55)62-57(67-59)41-18-42-12-8-7-9-13-42)66-61(64)54-37-33-52(34-38-54)50-29-25-48(26-30-50)46-21-16-44(17-22-46)11-6-4-2/h7-9,12-13,18,39-41,43-54H,3-6,10-11,14-17,19-38H2,1-2H3/b41-18+. The molecule has 0 radical (unpaired) electrons. The smallest absolute Gasteiger partial charge is 0.314 e. The van der Waals surface area contributed by atoms with E-state index in [4.69, 9.17) is 14.5 Å². The van der Waals surface area contributed by atoms with E-state index >= 15 is 0 Å². The average molecular weight is 930 g/mol. The number of esters is 2. The highest BCUT2D eigenvalue weighted by molar-refractivity contribution is 7.19. The van der Waals surface area contributed by atoms with E-state index in [2.05, 4.69) is 32.1 Å². The maximum Gasteiger partial charge on any atom is 0.314 e. The minimum absolute atomic E-state index is 0.0707. The second kappa shape index (κ2) is 24.2. The Morgan fingerprint density at radius 2 is 0.866 bits per heavy atom. The Kier molecular flexibility index (Phi) is 17.7. The van der Waals surface area contributed by atoms with Crippen LogP contribution >= 0.6 is 11.3 Å². The minimum atomic E-state index is -0.132. The Morgan fingerprint density at radius 1 is 0.493 bits per heavy atom. The minimum Gasteiger partial charge on any atom is -0.425 e. The van der Waals surface area contributed by atoms with E-state index in [1.54, 1.807) is 0 Å². The van der Waals surface area contributed by atoms with Crippen LogP contribution in [0.3, 0.4) is 0 Å². The van der Waals surface area contributed by atoms with Crippen molar-refractivity contribution in [3.05, 3.63) is 53.0 Å². The highest BCUT2D eigenvalue weighted by Gasteiger charge is 2.38. The van der Waals surface area contributed by atoms with Crippen LogP contribution in [0, 0.1) is 71.0 Å². The third kappa shape index (κ3) is 12.9. The molecule has 1 heterocycles. The molecule has 0 atom stereocenters. The molecule has 5 nitrogen and oxygen atoms in total. The highest BCUT2D eigenvalue weighted by atomic mass is 32.1. The van der Waals surface area contributed by atoms with Gasteiger partial charge in [-0.2, -0.15) is 0 Å². The van der Waals surface area contributed by atoms with E-state index < -0.39 is 0 Å². The number of carbonyl (C=O) groups excluding carboxylic acids is 2. The summed E-state index contributed by atoms with van der Waals surface area (Å²) in [7, 11) is 0. The van der Waals surface area contributed by atoms with Crippen molar-refractivity contribution in [3.8, 4) is 11.5 Å². The fraction of sp³-hybridized carbons (Fsp3) is 0.721. The second-order valence-electron chi connectivity index (χ2n) is 23.3. The number of rotatable bonds is 16. The lowest BCUT2D eigenvalue weighted by atomic mass is 9.65. The molecule has 6 saturated carbocycles. The van der Waals surface area contributed by atoms with Crippen molar-refractivity contribution in [2.24, 2.45) is 71.0 Å². The zero-order valence-electron chi connectivity index (χ0n) is 41.8. The molecule has 0 unspecified atom stereocenters. The summed E-state index contributed by atoms with van der Waals surface area (Å²) in [5, 5.41) is 0.796. The zero-order chi connectivity index (χ0) is 46.0. The van der Waals surface area contributed by atoms with Crippen LogP contribution in [0.2, 0.25) is 0 Å². The zero-order valence-corrected chi connectivity index (χ0v) is 42.6. The number of hydrogen-bond acceptors (Lipinski definition) is 6. The first-order valence-corrected chi connectivity index (χ1v) is 29.3. The Hall–Kier alpha value is -2.99. The SMILES string of the molecule is CCCCC1CCC(C2CCC(C3CCC(C(=O)Oc4ccc(OC(=O)C5CCC(C6CCC(C7CCC(CCCC)CC7)CC6)CC5)c5sc(/C=C/c6ccccc6)nc45)CC3)CC2)CC1. The summed E-state index contributed by atoms with van der Waals surface area (Å²) in [5.41, 5.74) is 1.70. The monoisotopic (exact) mass is 930 g/mol. The Labute approximate surface area is 409 Å². The third-order valence-electron chi connectivity index (χ3n) is 19.4. The van der Waals surface area contributed by atoms with Crippen LogP contribution in [0.25, 0.3) is 22.4 Å². The molecule has 2 aromatic carbocycles. The van der Waals surface area contributed by atoms with E-state index in [0.29, 0.717) is 17.0 Å². The Balaban J connectivity index is 0.763. The molecule has 1 aromatic heterocycles. The number of hydrogen-bond donors (Lipinski definition) is 0. The van der Waals surface area contributed by atoms with Gasteiger partial charge < -0.3 is 9.47 Å². The summed E-state index contributed by atoms with van der Waals surface area (Å²) in [5.74, 6) is 9.63. The van der Waals surface area contributed by atoms with Crippen LogP contribution in [0.1, 0.15) is 217 Å². The number of unbranched alkanes of at least 4 members (excludes halogenated alkanes) is 2. The molecule has 0 N–H and O–H groups in total. The molecule has 6 fully saturated rings. The van der Waals surface area contributed by atoms with Crippen molar-refractivity contribution in [1.82, 2.24) is 4.98 Å². The van der Waals surface area contributed by atoms with Gasteiger partial charge in [0.15, 0.2) is 11.5 Å². The first-order chi connectivity index (χ1) is 32.9. The molecule has 0 amide bonds. The molecule has 67 heavy (non-hydrogen) atoms. The van der Waals surface area contributed by atoms with Gasteiger partial charge in [-0.05, 0) is 211 Å². The number of benzene rings is 2. The molecule has 9 rings (SSSR count). The van der Waals surface area contributed by atoms with E-state index in [1.165, 1.54) is 153 Å². The maximum absolute atomic E-state index is 13.9. The van der Waals surface area contributed by atoms with Crippen molar-refractivity contribution in [1.29, 1.82) is 0 Å². The largest absolute Gasteiger partial charge is 0.425 e.